The smallest absolute Gasteiger partial charge is 0.346 e. The Morgan fingerprint density at radius 2 is 1.88 bits per heavy atom. The van der Waals surface area contributed by atoms with E-state index >= 15 is 0 Å². The Kier molecular flexibility index (Phi) is 7.51. The number of carbonyl (C=O) groups excluding carboxylic acids is 2. The molecule has 0 saturated heterocycles. The third-order valence-corrected chi connectivity index (χ3v) is 4.63. The van der Waals surface area contributed by atoms with Crippen molar-refractivity contribution in [1.29, 1.82) is 0 Å². The number of hydrogen-bond acceptors (Lipinski definition) is 7. The Morgan fingerprint density at radius 3 is 2.53 bits per heavy atom. The summed E-state index contributed by atoms with van der Waals surface area (Å²) in [4.78, 5) is 25.1. The summed E-state index contributed by atoms with van der Waals surface area (Å²) in [5.41, 5.74) is 1.45. The van der Waals surface area contributed by atoms with Crippen LogP contribution in [0.3, 0.4) is 0 Å². The van der Waals surface area contributed by atoms with Crippen molar-refractivity contribution in [3.8, 4) is 22.8 Å². The van der Waals surface area contributed by atoms with Gasteiger partial charge in [0.25, 0.3) is 5.91 Å². The number of methoxy groups -OCH3 is 2. The average Bonchev–Trinajstić information content (AvgIpc) is 3.21. The molecule has 8 nitrogen and oxygen atoms in total. The number of aromatic nitrogens is 1. The van der Waals surface area contributed by atoms with E-state index in [1.165, 1.54) is 13.2 Å². The fourth-order valence-electron chi connectivity index (χ4n) is 2.86. The van der Waals surface area contributed by atoms with Crippen LogP contribution in [0, 0.1) is 0 Å². The van der Waals surface area contributed by atoms with Crippen LogP contribution in [0.5, 0.6) is 11.5 Å². The summed E-state index contributed by atoms with van der Waals surface area (Å²) in [5.74, 6) is -0.169. The second-order valence-corrected chi connectivity index (χ2v) is 6.83. The maximum atomic E-state index is 12.6. The lowest BCUT2D eigenvalue weighted by molar-refractivity contribution is -0.112. The van der Waals surface area contributed by atoms with Gasteiger partial charge in [0.15, 0.2) is 5.56 Å². The van der Waals surface area contributed by atoms with E-state index in [-0.39, 0.29) is 23.7 Å². The van der Waals surface area contributed by atoms with E-state index in [0.29, 0.717) is 27.6 Å². The van der Waals surface area contributed by atoms with Crippen LogP contribution >= 0.6 is 11.6 Å². The number of benzene rings is 2. The Balaban J connectivity index is 1.88. The predicted molar refractivity (Wildman–Crippen MR) is 120 cm³/mol. The quantitative estimate of drug-likeness (QED) is 0.382. The van der Waals surface area contributed by atoms with Crippen molar-refractivity contribution in [1.82, 2.24) is 5.16 Å². The molecule has 0 radical (unpaired) electrons. The molecular weight excluding hydrogens is 436 g/mol. The topological polar surface area (TPSA) is 99.9 Å². The van der Waals surface area contributed by atoms with Crippen LogP contribution in [-0.2, 0) is 9.53 Å². The van der Waals surface area contributed by atoms with Gasteiger partial charge < -0.3 is 18.7 Å². The molecule has 0 aliphatic rings. The van der Waals surface area contributed by atoms with E-state index < -0.39 is 11.9 Å². The van der Waals surface area contributed by atoms with E-state index in [9.17, 15) is 9.59 Å². The molecule has 166 valence electrons. The molecule has 0 saturated carbocycles. The number of carbonyl (C=O) groups is 2. The number of nitrogens with one attached hydrogen (secondary N) is 1. The number of anilines is 1. The minimum absolute atomic E-state index is 0.00915. The summed E-state index contributed by atoms with van der Waals surface area (Å²) < 4.78 is 20.9. The Hall–Kier alpha value is -3.78. The largest absolute Gasteiger partial charge is 0.497 e. The molecule has 3 aromatic rings. The summed E-state index contributed by atoms with van der Waals surface area (Å²) in [7, 11) is 3.07. The zero-order chi connectivity index (χ0) is 23.1. The SMILES string of the molecule is CCOC(=O)c1c(-c2ccc(Cl)cc2)noc1NC(=O)/C=C/c1cc(OC)ccc1OC. The van der Waals surface area contributed by atoms with Gasteiger partial charge in [-0.05, 0) is 43.3 Å². The van der Waals surface area contributed by atoms with Gasteiger partial charge in [-0.15, -0.1) is 0 Å². The molecule has 0 atom stereocenters. The molecule has 0 aliphatic carbocycles. The predicted octanol–water partition coefficient (Wildman–Crippen LogP) is 4.84. The molecule has 1 heterocycles. The first kappa shape index (κ1) is 22.9. The molecule has 0 bridgehead atoms. The lowest BCUT2D eigenvalue weighted by Crippen LogP contribution is -2.13. The third-order valence-electron chi connectivity index (χ3n) is 4.38. The monoisotopic (exact) mass is 456 g/mol. The van der Waals surface area contributed by atoms with E-state index in [1.54, 1.807) is 62.6 Å². The highest BCUT2D eigenvalue weighted by Gasteiger charge is 2.26. The molecule has 2 aromatic carbocycles. The van der Waals surface area contributed by atoms with Gasteiger partial charge in [-0.25, -0.2) is 4.79 Å². The van der Waals surface area contributed by atoms with Crippen molar-refractivity contribution in [2.45, 2.75) is 6.92 Å². The minimum Gasteiger partial charge on any atom is -0.497 e. The zero-order valence-corrected chi connectivity index (χ0v) is 18.4. The van der Waals surface area contributed by atoms with Gasteiger partial charge >= 0.3 is 5.97 Å². The number of amides is 1. The summed E-state index contributed by atoms with van der Waals surface area (Å²) in [6, 6.07) is 11.9. The van der Waals surface area contributed by atoms with Crippen LogP contribution in [0.25, 0.3) is 17.3 Å². The fourth-order valence-corrected chi connectivity index (χ4v) is 2.99. The van der Waals surface area contributed by atoms with Gasteiger partial charge in [-0.3, -0.25) is 10.1 Å². The van der Waals surface area contributed by atoms with Crippen molar-refractivity contribution in [3.05, 3.63) is 64.7 Å². The lowest BCUT2D eigenvalue weighted by Gasteiger charge is -2.07. The molecule has 0 aliphatic heterocycles. The third kappa shape index (κ3) is 5.28. The summed E-state index contributed by atoms with van der Waals surface area (Å²) >= 11 is 5.93. The van der Waals surface area contributed by atoms with Crippen LogP contribution in [0.4, 0.5) is 5.88 Å². The first-order chi connectivity index (χ1) is 15.5. The molecule has 32 heavy (non-hydrogen) atoms. The van der Waals surface area contributed by atoms with Gasteiger partial charge in [0.2, 0.25) is 5.88 Å². The molecule has 0 unspecified atom stereocenters. The maximum absolute atomic E-state index is 12.6. The van der Waals surface area contributed by atoms with Gasteiger partial charge in [0, 0.05) is 22.2 Å². The molecule has 1 N–H and O–H groups in total. The van der Waals surface area contributed by atoms with Crippen LogP contribution in [-0.4, -0.2) is 37.9 Å². The molecule has 3 rings (SSSR count). The normalized spacial score (nSPS) is 10.8. The Morgan fingerprint density at radius 1 is 1.12 bits per heavy atom. The first-order valence-electron chi connectivity index (χ1n) is 9.60. The highest BCUT2D eigenvalue weighted by molar-refractivity contribution is 6.30. The molecule has 1 aromatic heterocycles. The van der Waals surface area contributed by atoms with Crippen LogP contribution in [0.1, 0.15) is 22.8 Å². The number of halogens is 1. The van der Waals surface area contributed by atoms with Crippen LogP contribution in [0.2, 0.25) is 5.02 Å². The van der Waals surface area contributed by atoms with Crippen molar-refractivity contribution < 1.29 is 28.3 Å². The van der Waals surface area contributed by atoms with E-state index in [2.05, 4.69) is 10.5 Å². The maximum Gasteiger partial charge on any atom is 0.346 e. The molecule has 0 fully saturated rings. The van der Waals surface area contributed by atoms with E-state index in [4.69, 9.17) is 30.3 Å². The minimum atomic E-state index is -0.674. The first-order valence-corrected chi connectivity index (χ1v) is 9.98. The van der Waals surface area contributed by atoms with Gasteiger partial charge in [-0.1, -0.05) is 28.9 Å². The van der Waals surface area contributed by atoms with Crippen LogP contribution < -0.4 is 14.8 Å². The summed E-state index contributed by atoms with van der Waals surface area (Å²) in [6.07, 6.45) is 2.83. The van der Waals surface area contributed by atoms with Crippen molar-refractivity contribution in [3.63, 3.8) is 0 Å². The number of esters is 1. The second-order valence-electron chi connectivity index (χ2n) is 6.39. The van der Waals surface area contributed by atoms with Gasteiger partial charge in [-0.2, -0.15) is 0 Å². The molecule has 0 spiro atoms. The lowest BCUT2D eigenvalue weighted by atomic mass is 10.1. The molecule has 1 amide bonds. The van der Waals surface area contributed by atoms with Crippen molar-refractivity contribution in [2.75, 3.05) is 26.1 Å². The molecular formula is C23H21ClN2O6. The average molecular weight is 457 g/mol. The van der Waals surface area contributed by atoms with Crippen LogP contribution in [0.15, 0.2) is 53.1 Å². The Labute approximate surface area is 189 Å². The van der Waals surface area contributed by atoms with Crippen molar-refractivity contribution >= 4 is 35.4 Å². The number of ether oxygens (including phenoxy) is 3. The van der Waals surface area contributed by atoms with Crippen molar-refractivity contribution in [2.24, 2.45) is 0 Å². The Bertz CT molecular complexity index is 1140. The number of hydrogen-bond donors (Lipinski definition) is 1. The standard InChI is InChI=1S/C23H21ClN2O6/c1-4-31-23(28)20-21(14-5-8-16(24)9-6-14)26-32-22(20)25-19(27)12-7-15-13-17(29-2)10-11-18(15)30-3/h5-13H,4H2,1-3H3,(H,25,27)/b12-7+. The molecule has 9 heteroatoms. The summed E-state index contributed by atoms with van der Waals surface area (Å²) in [5, 5.41) is 7.01. The zero-order valence-electron chi connectivity index (χ0n) is 17.7. The number of nitrogens with zero attached hydrogens (tertiary/aromatic N) is 1. The highest BCUT2D eigenvalue weighted by atomic mass is 35.5. The second kappa shape index (κ2) is 10.5. The van der Waals surface area contributed by atoms with E-state index in [1.807, 2.05) is 0 Å². The number of rotatable bonds is 8. The van der Waals surface area contributed by atoms with Gasteiger partial charge in [0.1, 0.15) is 17.2 Å². The van der Waals surface area contributed by atoms with E-state index in [0.717, 1.165) is 0 Å². The van der Waals surface area contributed by atoms with Gasteiger partial charge in [0.05, 0.1) is 20.8 Å². The fraction of sp³-hybridized carbons (Fsp3) is 0.174. The highest BCUT2D eigenvalue weighted by Crippen LogP contribution is 2.31. The summed E-state index contributed by atoms with van der Waals surface area (Å²) in [6.45, 7) is 1.82.